The number of aryl methyl sites for hydroxylation is 1. The maximum absolute atomic E-state index is 11.9. The molecule has 0 aliphatic carbocycles. The minimum absolute atomic E-state index is 0.310. The van der Waals surface area contributed by atoms with Gasteiger partial charge in [-0.05, 0) is 11.4 Å². The Morgan fingerprint density at radius 2 is 2.28 bits per heavy atom. The van der Waals surface area contributed by atoms with Crippen LogP contribution in [-0.2, 0) is 11.8 Å². The Kier molecular flexibility index (Phi) is 3.42. The molecule has 18 heavy (non-hydrogen) atoms. The van der Waals surface area contributed by atoms with E-state index in [1.165, 1.54) is 29.3 Å². The molecule has 0 bridgehead atoms. The highest BCUT2D eigenvalue weighted by atomic mass is 32.1. The van der Waals surface area contributed by atoms with Gasteiger partial charge in [0.05, 0.1) is 24.4 Å². The van der Waals surface area contributed by atoms with Crippen LogP contribution >= 0.6 is 11.3 Å². The van der Waals surface area contributed by atoms with Crippen molar-refractivity contribution in [3.8, 4) is 0 Å². The zero-order valence-corrected chi connectivity index (χ0v) is 10.7. The summed E-state index contributed by atoms with van der Waals surface area (Å²) >= 11 is 1.26. The second-order valence-electron chi connectivity index (χ2n) is 3.51. The van der Waals surface area contributed by atoms with Crippen molar-refractivity contribution in [2.45, 2.75) is 0 Å². The molecule has 2 aromatic heterocycles. The van der Waals surface area contributed by atoms with Gasteiger partial charge in [-0.15, -0.1) is 11.3 Å². The Morgan fingerprint density at radius 1 is 1.50 bits per heavy atom. The van der Waals surface area contributed by atoms with Crippen LogP contribution in [0.2, 0.25) is 0 Å². The normalized spacial score (nSPS) is 10.1. The molecule has 1 N–H and O–H groups in total. The molecule has 0 fully saturated rings. The Balaban J connectivity index is 2.17. The summed E-state index contributed by atoms with van der Waals surface area (Å²) in [5, 5.41) is 8.75. The maximum Gasteiger partial charge on any atom is 0.340 e. The first-order valence-corrected chi connectivity index (χ1v) is 5.95. The number of ether oxygens (including phenoxy) is 1. The van der Waals surface area contributed by atoms with E-state index < -0.39 is 5.97 Å². The number of esters is 1. The molecule has 2 rings (SSSR count). The summed E-state index contributed by atoms with van der Waals surface area (Å²) in [6.07, 6.45) is 3.06. The number of nitrogens with zero attached hydrogens (tertiary/aromatic N) is 2. The number of amides is 1. The standard InChI is InChI=1S/C11H11N3O3S/c1-14-6-7(5-12-14)9(15)13-10-8(3-4-18-10)11(16)17-2/h3-6H,1-2H3,(H,13,15). The van der Waals surface area contributed by atoms with Gasteiger partial charge in [-0.3, -0.25) is 9.48 Å². The molecule has 1 amide bonds. The molecule has 2 aromatic rings. The van der Waals surface area contributed by atoms with Crippen molar-refractivity contribution in [3.63, 3.8) is 0 Å². The van der Waals surface area contributed by atoms with E-state index in [4.69, 9.17) is 0 Å². The molecule has 0 radical (unpaired) electrons. The Hall–Kier alpha value is -2.15. The van der Waals surface area contributed by atoms with Crippen molar-refractivity contribution >= 4 is 28.2 Å². The second-order valence-corrected chi connectivity index (χ2v) is 4.43. The number of carbonyl (C=O) groups is 2. The van der Waals surface area contributed by atoms with Crippen molar-refractivity contribution in [1.82, 2.24) is 9.78 Å². The van der Waals surface area contributed by atoms with Gasteiger partial charge in [0, 0.05) is 13.2 Å². The van der Waals surface area contributed by atoms with E-state index >= 15 is 0 Å². The fourth-order valence-corrected chi connectivity index (χ4v) is 2.16. The number of hydrogen-bond donors (Lipinski definition) is 1. The highest BCUT2D eigenvalue weighted by Crippen LogP contribution is 2.24. The van der Waals surface area contributed by atoms with Gasteiger partial charge in [-0.25, -0.2) is 4.79 Å². The van der Waals surface area contributed by atoms with E-state index in [0.717, 1.165) is 0 Å². The van der Waals surface area contributed by atoms with E-state index in [0.29, 0.717) is 16.1 Å². The van der Waals surface area contributed by atoms with Gasteiger partial charge in [-0.2, -0.15) is 5.10 Å². The van der Waals surface area contributed by atoms with E-state index in [1.54, 1.807) is 24.7 Å². The first-order chi connectivity index (χ1) is 8.61. The molecular weight excluding hydrogens is 254 g/mol. The number of nitrogens with one attached hydrogen (secondary N) is 1. The minimum atomic E-state index is -0.474. The van der Waals surface area contributed by atoms with E-state index in [-0.39, 0.29) is 5.91 Å². The maximum atomic E-state index is 11.9. The van der Waals surface area contributed by atoms with Crippen molar-refractivity contribution in [2.75, 3.05) is 12.4 Å². The number of aromatic nitrogens is 2. The number of rotatable bonds is 3. The van der Waals surface area contributed by atoms with Gasteiger partial charge in [-0.1, -0.05) is 0 Å². The number of anilines is 1. The molecule has 7 heteroatoms. The molecule has 0 saturated carbocycles. The first-order valence-electron chi connectivity index (χ1n) is 5.07. The number of hydrogen-bond acceptors (Lipinski definition) is 5. The van der Waals surface area contributed by atoms with E-state index in [1.807, 2.05) is 0 Å². The van der Waals surface area contributed by atoms with Gasteiger partial charge >= 0.3 is 5.97 Å². The van der Waals surface area contributed by atoms with Gasteiger partial charge in [0.1, 0.15) is 5.00 Å². The van der Waals surface area contributed by atoms with Gasteiger partial charge in [0.2, 0.25) is 0 Å². The van der Waals surface area contributed by atoms with E-state index in [9.17, 15) is 9.59 Å². The van der Waals surface area contributed by atoms with Gasteiger partial charge < -0.3 is 10.1 Å². The highest BCUT2D eigenvalue weighted by Gasteiger charge is 2.16. The lowest BCUT2D eigenvalue weighted by atomic mass is 10.3. The zero-order chi connectivity index (χ0) is 13.1. The molecular formula is C11H11N3O3S. The van der Waals surface area contributed by atoms with Crippen LogP contribution < -0.4 is 5.32 Å². The molecule has 0 aromatic carbocycles. The second kappa shape index (κ2) is 5.01. The van der Waals surface area contributed by atoms with Crippen LogP contribution in [0.15, 0.2) is 23.8 Å². The summed E-state index contributed by atoms with van der Waals surface area (Å²) in [4.78, 5) is 23.3. The molecule has 0 aliphatic heterocycles. The number of carbonyl (C=O) groups excluding carboxylic acids is 2. The zero-order valence-electron chi connectivity index (χ0n) is 9.84. The van der Waals surface area contributed by atoms with Gasteiger partial charge in [0.25, 0.3) is 5.91 Å². The van der Waals surface area contributed by atoms with Crippen molar-refractivity contribution < 1.29 is 14.3 Å². The average Bonchev–Trinajstić information content (AvgIpc) is 2.97. The minimum Gasteiger partial charge on any atom is -0.465 e. The lowest BCUT2D eigenvalue weighted by Crippen LogP contribution is -2.13. The van der Waals surface area contributed by atoms with Crippen LogP contribution in [0.25, 0.3) is 0 Å². The monoisotopic (exact) mass is 265 g/mol. The Labute approximate surface area is 107 Å². The Bertz CT molecular complexity index is 588. The smallest absolute Gasteiger partial charge is 0.340 e. The summed E-state index contributed by atoms with van der Waals surface area (Å²) in [6, 6.07) is 1.61. The summed E-state index contributed by atoms with van der Waals surface area (Å²) < 4.78 is 6.16. The lowest BCUT2D eigenvalue weighted by Gasteiger charge is -2.03. The summed E-state index contributed by atoms with van der Waals surface area (Å²) in [5.74, 6) is -0.784. The number of thiophene rings is 1. The van der Waals surface area contributed by atoms with Crippen molar-refractivity contribution in [1.29, 1.82) is 0 Å². The van der Waals surface area contributed by atoms with Crippen molar-refractivity contribution in [2.24, 2.45) is 7.05 Å². The molecule has 94 valence electrons. The van der Waals surface area contributed by atoms with Crippen LogP contribution in [0, 0.1) is 0 Å². The molecule has 2 heterocycles. The third-order valence-electron chi connectivity index (χ3n) is 2.26. The van der Waals surface area contributed by atoms with Crippen molar-refractivity contribution in [3.05, 3.63) is 35.0 Å². The quantitative estimate of drug-likeness (QED) is 0.854. The lowest BCUT2D eigenvalue weighted by molar-refractivity contribution is 0.0602. The summed E-state index contributed by atoms with van der Waals surface area (Å²) in [5.41, 5.74) is 0.779. The van der Waals surface area contributed by atoms with Gasteiger partial charge in [0.15, 0.2) is 0 Å². The van der Waals surface area contributed by atoms with Crippen LogP contribution in [0.1, 0.15) is 20.7 Å². The fraction of sp³-hybridized carbons (Fsp3) is 0.182. The largest absolute Gasteiger partial charge is 0.465 e. The first kappa shape index (κ1) is 12.3. The average molecular weight is 265 g/mol. The fourth-order valence-electron chi connectivity index (χ4n) is 1.39. The van der Waals surface area contributed by atoms with E-state index in [2.05, 4.69) is 15.2 Å². The van der Waals surface area contributed by atoms with Crippen LogP contribution in [0.5, 0.6) is 0 Å². The van der Waals surface area contributed by atoms with Crippen LogP contribution in [0.4, 0.5) is 5.00 Å². The predicted octanol–water partition coefficient (Wildman–Crippen LogP) is 1.52. The highest BCUT2D eigenvalue weighted by molar-refractivity contribution is 7.14. The molecule has 0 unspecified atom stereocenters. The topological polar surface area (TPSA) is 73.2 Å². The SMILES string of the molecule is COC(=O)c1ccsc1NC(=O)c1cnn(C)c1. The number of methoxy groups -OCH3 is 1. The summed E-state index contributed by atoms with van der Waals surface area (Å²) in [6.45, 7) is 0. The third-order valence-corrected chi connectivity index (χ3v) is 3.09. The molecule has 0 aliphatic rings. The van der Waals surface area contributed by atoms with Crippen LogP contribution in [0.3, 0.4) is 0 Å². The molecule has 0 spiro atoms. The Morgan fingerprint density at radius 3 is 2.89 bits per heavy atom. The molecule has 0 atom stereocenters. The summed E-state index contributed by atoms with van der Waals surface area (Å²) in [7, 11) is 3.02. The third kappa shape index (κ3) is 2.40. The van der Waals surface area contributed by atoms with Crippen LogP contribution in [-0.4, -0.2) is 28.8 Å². The molecule has 0 saturated heterocycles. The predicted molar refractivity (Wildman–Crippen MR) is 66.8 cm³/mol. The molecule has 6 nitrogen and oxygen atoms in total.